The van der Waals surface area contributed by atoms with Gasteiger partial charge in [0.2, 0.25) is 0 Å². The van der Waals surface area contributed by atoms with Crippen molar-refractivity contribution >= 4 is 0 Å². The van der Waals surface area contributed by atoms with Crippen molar-refractivity contribution in [3.05, 3.63) is 0 Å². The quantitative estimate of drug-likeness (QED) is 0.605. The van der Waals surface area contributed by atoms with Gasteiger partial charge in [0.05, 0.1) is 11.5 Å². The highest BCUT2D eigenvalue weighted by Gasteiger charge is 2.67. The van der Waals surface area contributed by atoms with Crippen molar-refractivity contribution in [2.45, 2.75) is 38.0 Å². The fourth-order valence-electron chi connectivity index (χ4n) is 2.54. The summed E-state index contributed by atoms with van der Waals surface area (Å²) in [5.74, 6) is 0.218. The zero-order valence-electron chi connectivity index (χ0n) is 6.56. The molecule has 0 saturated heterocycles. The lowest BCUT2D eigenvalue weighted by Crippen LogP contribution is -2.59. The van der Waals surface area contributed by atoms with Crippen molar-refractivity contribution in [2.75, 3.05) is 0 Å². The van der Waals surface area contributed by atoms with E-state index in [0.717, 1.165) is 6.42 Å². The summed E-state index contributed by atoms with van der Waals surface area (Å²) in [5.41, 5.74) is -1.73. The van der Waals surface area contributed by atoms with Gasteiger partial charge >= 0.3 is 6.18 Å². The molecule has 1 nitrogen and oxygen atoms in total. The highest BCUT2D eigenvalue weighted by molar-refractivity contribution is 5.06. The van der Waals surface area contributed by atoms with Gasteiger partial charge in [-0.25, -0.2) is 0 Å². The van der Waals surface area contributed by atoms with Crippen LogP contribution < -0.4 is 0 Å². The summed E-state index contributed by atoms with van der Waals surface area (Å²) in [5, 5.41) is 9.28. The summed E-state index contributed by atoms with van der Waals surface area (Å²) < 4.78 is 37.4. The highest BCUT2D eigenvalue weighted by atomic mass is 19.4. The molecule has 3 fully saturated rings. The standard InChI is InChI=1S/C8H11F3O/c9-8(10,11)7-3-5(4-7)1-2-6(7)12/h5-6,12H,1-4H2/t5?,6-,7?/m1/s1. The van der Waals surface area contributed by atoms with E-state index < -0.39 is 17.7 Å². The Kier molecular flexibility index (Phi) is 1.50. The second-order valence-corrected chi connectivity index (χ2v) is 4.02. The van der Waals surface area contributed by atoms with E-state index in [9.17, 15) is 18.3 Å². The average molecular weight is 180 g/mol. The summed E-state index contributed by atoms with van der Waals surface area (Å²) in [6.07, 6.45) is -3.97. The molecule has 1 N–H and O–H groups in total. The maximum absolute atomic E-state index is 12.5. The molecule has 1 atom stereocenters. The molecule has 0 radical (unpaired) electrons. The largest absolute Gasteiger partial charge is 0.396 e. The first kappa shape index (κ1) is 8.35. The molecule has 4 heteroatoms. The van der Waals surface area contributed by atoms with Crippen LogP contribution >= 0.6 is 0 Å². The number of hydrogen-bond acceptors (Lipinski definition) is 1. The first-order valence-corrected chi connectivity index (χ1v) is 4.20. The average Bonchev–Trinajstić information content (AvgIpc) is 1.81. The van der Waals surface area contributed by atoms with E-state index in [0.29, 0.717) is 6.42 Å². The van der Waals surface area contributed by atoms with E-state index in [2.05, 4.69) is 0 Å². The van der Waals surface area contributed by atoms with Gasteiger partial charge in [0, 0.05) is 0 Å². The van der Waals surface area contributed by atoms with Gasteiger partial charge in [-0.3, -0.25) is 0 Å². The van der Waals surface area contributed by atoms with E-state index in [1.807, 2.05) is 0 Å². The summed E-state index contributed by atoms with van der Waals surface area (Å²) in [6, 6.07) is 0. The van der Waals surface area contributed by atoms with Gasteiger partial charge in [-0.2, -0.15) is 13.2 Å². The Bertz CT molecular complexity index is 193. The van der Waals surface area contributed by atoms with Gasteiger partial charge in [-0.15, -0.1) is 0 Å². The lowest BCUT2D eigenvalue weighted by atomic mass is 9.52. The molecular weight excluding hydrogens is 169 g/mol. The van der Waals surface area contributed by atoms with Crippen LogP contribution in [0.2, 0.25) is 0 Å². The Morgan fingerprint density at radius 1 is 1.17 bits per heavy atom. The van der Waals surface area contributed by atoms with Crippen molar-refractivity contribution in [1.29, 1.82) is 0 Å². The van der Waals surface area contributed by atoms with Crippen molar-refractivity contribution < 1.29 is 18.3 Å². The zero-order chi connectivity index (χ0) is 8.98. The van der Waals surface area contributed by atoms with Crippen LogP contribution in [0.25, 0.3) is 0 Å². The summed E-state index contributed by atoms with van der Waals surface area (Å²) in [7, 11) is 0. The minimum atomic E-state index is -4.21. The molecule has 0 aromatic rings. The highest BCUT2D eigenvalue weighted by Crippen LogP contribution is 2.63. The van der Waals surface area contributed by atoms with Crippen LogP contribution in [0.4, 0.5) is 13.2 Å². The van der Waals surface area contributed by atoms with Gasteiger partial charge < -0.3 is 5.11 Å². The molecular formula is C8H11F3O. The van der Waals surface area contributed by atoms with E-state index in [1.165, 1.54) is 0 Å². The maximum Gasteiger partial charge on any atom is 0.396 e. The lowest BCUT2D eigenvalue weighted by Gasteiger charge is -2.55. The minimum Gasteiger partial charge on any atom is -0.392 e. The first-order valence-electron chi connectivity index (χ1n) is 4.20. The smallest absolute Gasteiger partial charge is 0.392 e. The summed E-state index contributed by atoms with van der Waals surface area (Å²) in [6.45, 7) is 0. The number of aliphatic hydroxyl groups is 1. The van der Waals surface area contributed by atoms with Crippen molar-refractivity contribution in [2.24, 2.45) is 11.3 Å². The second-order valence-electron chi connectivity index (χ2n) is 4.02. The third-order valence-electron chi connectivity index (χ3n) is 3.36. The molecule has 3 aliphatic carbocycles. The monoisotopic (exact) mass is 180 g/mol. The van der Waals surface area contributed by atoms with Gasteiger partial charge in [-0.1, -0.05) is 0 Å². The molecule has 3 rings (SSSR count). The fourth-order valence-corrected chi connectivity index (χ4v) is 2.54. The van der Waals surface area contributed by atoms with E-state index >= 15 is 0 Å². The van der Waals surface area contributed by atoms with Crippen LogP contribution in [0.15, 0.2) is 0 Å². The molecule has 2 bridgehead atoms. The van der Waals surface area contributed by atoms with Crippen molar-refractivity contribution in [3.63, 3.8) is 0 Å². The summed E-state index contributed by atoms with van der Waals surface area (Å²) >= 11 is 0. The molecule has 0 aliphatic heterocycles. The third kappa shape index (κ3) is 0.843. The van der Waals surface area contributed by atoms with Crippen LogP contribution in [0.1, 0.15) is 25.7 Å². The minimum absolute atomic E-state index is 0.150. The van der Waals surface area contributed by atoms with Crippen LogP contribution in [-0.2, 0) is 0 Å². The van der Waals surface area contributed by atoms with Crippen LogP contribution in [0, 0.1) is 11.3 Å². The predicted octanol–water partition coefficient (Wildman–Crippen LogP) is 2.10. The molecule has 0 heterocycles. The molecule has 3 aliphatic rings. The molecule has 12 heavy (non-hydrogen) atoms. The predicted molar refractivity (Wildman–Crippen MR) is 36.5 cm³/mol. The molecule has 0 aromatic carbocycles. The van der Waals surface area contributed by atoms with Gasteiger partial charge in [-0.05, 0) is 31.6 Å². The van der Waals surface area contributed by atoms with Crippen molar-refractivity contribution in [3.8, 4) is 0 Å². The van der Waals surface area contributed by atoms with Crippen LogP contribution in [0.3, 0.4) is 0 Å². The number of alkyl halides is 3. The number of rotatable bonds is 0. The molecule has 0 spiro atoms. The Balaban J connectivity index is 2.21. The summed E-state index contributed by atoms with van der Waals surface area (Å²) in [4.78, 5) is 0. The molecule has 0 unspecified atom stereocenters. The molecule has 3 saturated carbocycles. The Morgan fingerprint density at radius 3 is 2.08 bits per heavy atom. The van der Waals surface area contributed by atoms with Gasteiger partial charge in [0.25, 0.3) is 0 Å². The van der Waals surface area contributed by atoms with E-state index in [-0.39, 0.29) is 18.8 Å². The molecule has 0 amide bonds. The fraction of sp³-hybridized carbons (Fsp3) is 1.00. The Morgan fingerprint density at radius 2 is 1.75 bits per heavy atom. The normalized spacial score (nSPS) is 47.0. The van der Waals surface area contributed by atoms with E-state index in [1.54, 1.807) is 0 Å². The number of fused-ring (bicyclic) bond motifs is 2. The maximum atomic E-state index is 12.5. The Hall–Kier alpha value is -0.250. The lowest BCUT2D eigenvalue weighted by molar-refractivity contribution is -0.310. The number of hydrogen-bond donors (Lipinski definition) is 1. The third-order valence-corrected chi connectivity index (χ3v) is 3.36. The topological polar surface area (TPSA) is 20.2 Å². The first-order chi connectivity index (χ1) is 5.46. The SMILES string of the molecule is O[C@@H]1CCC2CC1(C(F)(F)F)C2. The van der Waals surface area contributed by atoms with Gasteiger partial charge in [0.1, 0.15) is 0 Å². The van der Waals surface area contributed by atoms with Gasteiger partial charge in [0.15, 0.2) is 0 Å². The number of aliphatic hydroxyl groups excluding tert-OH is 1. The molecule has 0 aromatic heterocycles. The zero-order valence-corrected chi connectivity index (χ0v) is 6.56. The molecule has 70 valence electrons. The van der Waals surface area contributed by atoms with Crippen LogP contribution in [0.5, 0.6) is 0 Å². The van der Waals surface area contributed by atoms with Crippen molar-refractivity contribution in [1.82, 2.24) is 0 Å². The number of halogens is 3. The Labute approximate surface area is 68.6 Å². The van der Waals surface area contributed by atoms with E-state index in [4.69, 9.17) is 0 Å². The second kappa shape index (κ2) is 2.16. The van der Waals surface area contributed by atoms with Crippen LogP contribution in [-0.4, -0.2) is 17.4 Å².